The first-order valence-corrected chi connectivity index (χ1v) is 5.00. The Kier molecular flexibility index (Phi) is 2.96. The molecule has 0 fully saturated rings. The quantitative estimate of drug-likeness (QED) is 0.848. The normalized spacial score (nSPS) is 10.7. The van der Waals surface area contributed by atoms with E-state index in [1.165, 1.54) is 4.68 Å². The summed E-state index contributed by atoms with van der Waals surface area (Å²) in [5.41, 5.74) is 1.58. The molecule has 0 saturated heterocycles. The number of aliphatic hydroxyl groups excluding tert-OH is 1. The van der Waals surface area contributed by atoms with Crippen LogP contribution in [0.2, 0.25) is 0 Å². The fraction of sp³-hybridized carbons (Fsp3) is 0.273. The summed E-state index contributed by atoms with van der Waals surface area (Å²) in [6, 6.07) is 5.10. The van der Waals surface area contributed by atoms with Crippen LogP contribution < -0.4 is 0 Å². The fourth-order valence-corrected chi connectivity index (χ4v) is 1.45. The fourth-order valence-electron chi connectivity index (χ4n) is 1.45. The van der Waals surface area contributed by atoms with Crippen molar-refractivity contribution in [3.05, 3.63) is 41.5 Å². The molecule has 4 nitrogen and oxygen atoms in total. The predicted molar refractivity (Wildman–Crippen MR) is 56.8 cm³/mol. The highest BCUT2D eigenvalue weighted by molar-refractivity contribution is 5.36. The number of aliphatic hydroxyl groups is 1. The van der Waals surface area contributed by atoms with Crippen molar-refractivity contribution < 1.29 is 9.50 Å². The third-order valence-electron chi connectivity index (χ3n) is 2.33. The maximum absolute atomic E-state index is 13.7. The van der Waals surface area contributed by atoms with Crippen LogP contribution in [-0.4, -0.2) is 26.7 Å². The highest BCUT2D eigenvalue weighted by atomic mass is 19.1. The smallest absolute Gasteiger partial charge is 0.151 e. The second-order valence-electron chi connectivity index (χ2n) is 3.54. The van der Waals surface area contributed by atoms with Gasteiger partial charge in [-0.1, -0.05) is 17.3 Å². The van der Waals surface area contributed by atoms with Gasteiger partial charge in [0.25, 0.3) is 0 Å². The Morgan fingerprint density at radius 1 is 1.44 bits per heavy atom. The van der Waals surface area contributed by atoms with Crippen LogP contribution >= 0.6 is 0 Å². The maximum atomic E-state index is 13.7. The van der Waals surface area contributed by atoms with Gasteiger partial charge in [0.15, 0.2) is 5.82 Å². The van der Waals surface area contributed by atoms with Gasteiger partial charge in [-0.25, -0.2) is 9.07 Å². The van der Waals surface area contributed by atoms with E-state index in [1.54, 1.807) is 31.3 Å². The molecule has 2 rings (SSSR count). The highest BCUT2D eigenvalue weighted by Crippen LogP contribution is 2.15. The molecule has 84 valence electrons. The molecule has 0 bridgehead atoms. The van der Waals surface area contributed by atoms with Crippen molar-refractivity contribution in [2.45, 2.75) is 13.3 Å². The van der Waals surface area contributed by atoms with E-state index in [0.29, 0.717) is 23.4 Å². The number of nitrogens with zero attached hydrogens (tertiary/aromatic N) is 3. The minimum Gasteiger partial charge on any atom is -0.396 e. The number of benzene rings is 1. The molecule has 1 aromatic carbocycles. The minimum atomic E-state index is -0.303. The Labute approximate surface area is 92.3 Å². The zero-order chi connectivity index (χ0) is 11.5. The lowest BCUT2D eigenvalue weighted by Crippen LogP contribution is -1.99. The maximum Gasteiger partial charge on any atom is 0.151 e. The number of hydrogen-bond donors (Lipinski definition) is 1. The molecule has 1 N–H and O–H groups in total. The van der Waals surface area contributed by atoms with Crippen LogP contribution in [0.4, 0.5) is 4.39 Å². The minimum absolute atomic E-state index is 0.00892. The van der Waals surface area contributed by atoms with Gasteiger partial charge in [0.05, 0.1) is 11.9 Å². The van der Waals surface area contributed by atoms with E-state index in [0.717, 1.165) is 0 Å². The third-order valence-corrected chi connectivity index (χ3v) is 2.33. The van der Waals surface area contributed by atoms with Gasteiger partial charge < -0.3 is 5.11 Å². The molecule has 0 aliphatic heterocycles. The largest absolute Gasteiger partial charge is 0.396 e. The van der Waals surface area contributed by atoms with Crippen molar-refractivity contribution in [3.8, 4) is 5.69 Å². The van der Waals surface area contributed by atoms with E-state index >= 15 is 0 Å². The Morgan fingerprint density at radius 3 is 3.00 bits per heavy atom. The zero-order valence-electron chi connectivity index (χ0n) is 8.89. The number of rotatable bonds is 3. The van der Waals surface area contributed by atoms with E-state index in [-0.39, 0.29) is 12.4 Å². The van der Waals surface area contributed by atoms with E-state index in [2.05, 4.69) is 10.3 Å². The summed E-state index contributed by atoms with van der Waals surface area (Å²) in [6.45, 7) is 1.71. The first-order chi connectivity index (χ1) is 7.72. The molecular formula is C11H12FN3O. The van der Waals surface area contributed by atoms with Crippen LogP contribution in [0.15, 0.2) is 24.4 Å². The van der Waals surface area contributed by atoms with Gasteiger partial charge in [0.1, 0.15) is 5.69 Å². The molecular weight excluding hydrogens is 209 g/mol. The first-order valence-electron chi connectivity index (χ1n) is 5.00. The molecule has 0 aliphatic carbocycles. The van der Waals surface area contributed by atoms with Crippen molar-refractivity contribution >= 4 is 0 Å². The van der Waals surface area contributed by atoms with Crippen LogP contribution in [0.25, 0.3) is 5.69 Å². The summed E-state index contributed by atoms with van der Waals surface area (Å²) in [5.74, 6) is -0.303. The van der Waals surface area contributed by atoms with Gasteiger partial charge >= 0.3 is 0 Å². The average molecular weight is 221 g/mol. The molecule has 0 atom stereocenters. The molecule has 0 spiro atoms. The zero-order valence-corrected chi connectivity index (χ0v) is 8.89. The van der Waals surface area contributed by atoms with Crippen molar-refractivity contribution in [2.24, 2.45) is 0 Å². The summed E-state index contributed by atoms with van der Waals surface area (Å²) >= 11 is 0. The summed E-state index contributed by atoms with van der Waals surface area (Å²) in [7, 11) is 0. The SMILES string of the molecule is Cc1cccc(-n2cc(CCO)nn2)c1F. The Morgan fingerprint density at radius 2 is 2.25 bits per heavy atom. The lowest BCUT2D eigenvalue weighted by Gasteiger charge is -2.03. The van der Waals surface area contributed by atoms with Gasteiger partial charge in [0.2, 0.25) is 0 Å². The third kappa shape index (κ3) is 1.94. The topological polar surface area (TPSA) is 50.9 Å². The molecule has 0 saturated carbocycles. The van der Waals surface area contributed by atoms with Gasteiger partial charge in [-0.15, -0.1) is 5.10 Å². The predicted octanol–water partition coefficient (Wildman–Crippen LogP) is 1.25. The van der Waals surface area contributed by atoms with E-state index in [9.17, 15) is 4.39 Å². The first kappa shape index (κ1) is 10.8. The standard InChI is InChI=1S/C11H12FN3O/c1-8-3-2-4-10(11(8)12)15-7-9(5-6-16)13-14-15/h2-4,7,16H,5-6H2,1H3. The van der Waals surface area contributed by atoms with Crippen molar-refractivity contribution in [1.29, 1.82) is 0 Å². The molecule has 0 radical (unpaired) electrons. The number of aryl methyl sites for hydroxylation is 1. The molecule has 0 unspecified atom stereocenters. The van der Waals surface area contributed by atoms with E-state index in [1.807, 2.05) is 0 Å². The molecule has 16 heavy (non-hydrogen) atoms. The van der Waals surface area contributed by atoms with Crippen LogP contribution in [-0.2, 0) is 6.42 Å². The Hall–Kier alpha value is -1.75. The van der Waals surface area contributed by atoms with Crippen LogP contribution in [0.5, 0.6) is 0 Å². The van der Waals surface area contributed by atoms with Gasteiger partial charge in [-0.05, 0) is 18.6 Å². The van der Waals surface area contributed by atoms with Crippen molar-refractivity contribution in [3.63, 3.8) is 0 Å². The summed E-state index contributed by atoms with van der Waals surface area (Å²) in [6.07, 6.45) is 2.04. The molecule has 2 aromatic rings. The molecule has 0 aliphatic rings. The van der Waals surface area contributed by atoms with Gasteiger partial charge in [-0.3, -0.25) is 0 Å². The van der Waals surface area contributed by atoms with E-state index < -0.39 is 0 Å². The Balaban J connectivity index is 2.39. The lowest BCUT2D eigenvalue weighted by molar-refractivity contribution is 0.298. The number of aromatic nitrogens is 3. The molecule has 0 amide bonds. The van der Waals surface area contributed by atoms with Crippen LogP contribution in [0.3, 0.4) is 0 Å². The molecule has 1 heterocycles. The van der Waals surface area contributed by atoms with Crippen LogP contribution in [0, 0.1) is 12.7 Å². The summed E-state index contributed by atoms with van der Waals surface area (Å²) < 4.78 is 15.1. The monoisotopic (exact) mass is 221 g/mol. The highest BCUT2D eigenvalue weighted by Gasteiger charge is 2.08. The molecule has 1 aromatic heterocycles. The molecule has 5 heteroatoms. The number of halogens is 1. The lowest BCUT2D eigenvalue weighted by atomic mass is 10.2. The van der Waals surface area contributed by atoms with Crippen molar-refractivity contribution in [2.75, 3.05) is 6.61 Å². The van der Waals surface area contributed by atoms with Gasteiger partial charge in [0, 0.05) is 13.0 Å². The summed E-state index contributed by atoms with van der Waals surface area (Å²) in [5, 5.41) is 16.4. The van der Waals surface area contributed by atoms with Gasteiger partial charge in [-0.2, -0.15) is 0 Å². The van der Waals surface area contributed by atoms with E-state index in [4.69, 9.17) is 5.11 Å². The summed E-state index contributed by atoms with van der Waals surface area (Å²) in [4.78, 5) is 0. The Bertz CT molecular complexity index is 496. The van der Waals surface area contributed by atoms with Crippen LogP contribution in [0.1, 0.15) is 11.3 Å². The second-order valence-corrected chi connectivity index (χ2v) is 3.54. The average Bonchev–Trinajstić information content (AvgIpc) is 2.71. The van der Waals surface area contributed by atoms with Crippen molar-refractivity contribution in [1.82, 2.24) is 15.0 Å². The number of hydrogen-bond acceptors (Lipinski definition) is 3. The second kappa shape index (κ2) is 4.40.